The van der Waals surface area contributed by atoms with Crippen molar-refractivity contribution in [1.82, 2.24) is 15.0 Å². The minimum Gasteiger partial charge on any atom is -0.455 e. The van der Waals surface area contributed by atoms with Crippen molar-refractivity contribution in [2.75, 3.05) is 0 Å². The summed E-state index contributed by atoms with van der Waals surface area (Å²) in [6, 6.07) is 56.6. The van der Waals surface area contributed by atoms with Gasteiger partial charge in [-0.3, -0.25) is 0 Å². The highest BCUT2D eigenvalue weighted by Gasteiger charge is 2.20. The van der Waals surface area contributed by atoms with Crippen molar-refractivity contribution < 1.29 is 4.42 Å². The molecule has 0 atom stereocenters. The summed E-state index contributed by atoms with van der Waals surface area (Å²) in [5.41, 5.74) is 9.24. The average Bonchev–Trinajstić information content (AvgIpc) is 3.57. The van der Waals surface area contributed by atoms with Gasteiger partial charge in [0, 0.05) is 33.0 Å². The molecule has 3 heterocycles. The Labute approximate surface area is 282 Å². The summed E-state index contributed by atoms with van der Waals surface area (Å²) in [5.74, 6) is 0.653. The maximum absolute atomic E-state index is 6.61. The van der Waals surface area contributed by atoms with Gasteiger partial charge in [-0.2, -0.15) is 0 Å². The fourth-order valence-corrected chi connectivity index (χ4v) is 7.14. The molecule has 0 unspecified atom stereocenters. The van der Waals surface area contributed by atoms with Crippen molar-refractivity contribution in [3.05, 3.63) is 164 Å². The lowest BCUT2D eigenvalue weighted by Gasteiger charge is -2.13. The van der Waals surface area contributed by atoms with E-state index < -0.39 is 0 Å². The second-order valence-electron chi connectivity index (χ2n) is 12.4. The normalized spacial score (nSPS) is 11.7. The summed E-state index contributed by atoms with van der Waals surface area (Å²) >= 11 is 0. The quantitative estimate of drug-likeness (QED) is 0.183. The van der Waals surface area contributed by atoms with Gasteiger partial charge in [0.1, 0.15) is 11.2 Å². The SMILES string of the molecule is c1ccc(-c2cc(-c3cc4ccccc4c4ccccc34)nc(-c3ccc4oc5c6ccccc6nc(-c6ccccc6)c5c4c3)n2)cc1. The van der Waals surface area contributed by atoms with E-state index in [4.69, 9.17) is 19.4 Å². The summed E-state index contributed by atoms with van der Waals surface area (Å²) in [7, 11) is 0. The molecule has 0 amide bonds. The van der Waals surface area contributed by atoms with Crippen molar-refractivity contribution in [1.29, 1.82) is 0 Å². The topological polar surface area (TPSA) is 51.8 Å². The molecule has 228 valence electrons. The Morgan fingerprint density at radius 3 is 1.88 bits per heavy atom. The minimum atomic E-state index is 0.653. The van der Waals surface area contributed by atoms with E-state index in [1.165, 1.54) is 16.2 Å². The second-order valence-corrected chi connectivity index (χ2v) is 12.4. The van der Waals surface area contributed by atoms with E-state index in [0.29, 0.717) is 5.82 Å². The molecule has 10 aromatic rings. The van der Waals surface area contributed by atoms with Crippen LogP contribution in [-0.2, 0) is 0 Å². The molecule has 0 saturated carbocycles. The molecule has 0 bridgehead atoms. The fourth-order valence-electron chi connectivity index (χ4n) is 7.14. The minimum absolute atomic E-state index is 0.653. The van der Waals surface area contributed by atoms with Gasteiger partial charge in [0.2, 0.25) is 0 Å². The van der Waals surface area contributed by atoms with E-state index in [0.717, 1.165) is 77.6 Å². The number of hydrogen-bond acceptors (Lipinski definition) is 4. The number of benzene rings is 7. The zero-order chi connectivity index (χ0) is 32.3. The Kier molecular flexibility index (Phi) is 6.15. The molecule has 0 aliphatic rings. The van der Waals surface area contributed by atoms with Gasteiger partial charge in [-0.1, -0.05) is 121 Å². The summed E-state index contributed by atoms with van der Waals surface area (Å²) in [6.07, 6.45) is 0. The van der Waals surface area contributed by atoms with E-state index in [9.17, 15) is 0 Å². The maximum Gasteiger partial charge on any atom is 0.160 e. The number of nitrogens with zero attached hydrogens (tertiary/aromatic N) is 3. The number of furan rings is 1. The van der Waals surface area contributed by atoms with Gasteiger partial charge in [-0.25, -0.2) is 15.0 Å². The molecule has 0 N–H and O–H groups in total. The fraction of sp³-hybridized carbons (Fsp3) is 0. The van der Waals surface area contributed by atoms with Gasteiger partial charge >= 0.3 is 0 Å². The number of para-hydroxylation sites is 1. The molecule has 7 aromatic carbocycles. The van der Waals surface area contributed by atoms with Gasteiger partial charge in [0.25, 0.3) is 0 Å². The first kappa shape index (κ1) is 27.5. The molecule has 3 aromatic heterocycles. The predicted molar refractivity (Wildman–Crippen MR) is 201 cm³/mol. The average molecular weight is 626 g/mol. The van der Waals surface area contributed by atoms with Crippen molar-refractivity contribution >= 4 is 54.4 Å². The van der Waals surface area contributed by atoms with Gasteiger partial charge < -0.3 is 4.42 Å². The number of fused-ring (bicyclic) bond motifs is 8. The highest BCUT2D eigenvalue weighted by molar-refractivity contribution is 6.19. The largest absolute Gasteiger partial charge is 0.455 e. The Bertz CT molecular complexity index is 2880. The van der Waals surface area contributed by atoms with Gasteiger partial charge in [-0.15, -0.1) is 0 Å². The first-order chi connectivity index (χ1) is 24.3. The molecule has 0 saturated heterocycles. The molecule has 4 heteroatoms. The lowest BCUT2D eigenvalue weighted by Crippen LogP contribution is -1.96. The molecule has 0 fully saturated rings. The Hall–Kier alpha value is -6.65. The van der Waals surface area contributed by atoms with Crippen LogP contribution in [0.5, 0.6) is 0 Å². The number of rotatable bonds is 4. The van der Waals surface area contributed by atoms with E-state index in [2.05, 4.69) is 103 Å². The van der Waals surface area contributed by atoms with Crippen LogP contribution in [-0.4, -0.2) is 15.0 Å². The van der Waals surface area contributed by atoms with Crippen LogP contribution in [0.1, 0.15) is 0 Å². The molecule has 0 radical (unpaired) electrons. The van der Waals surface area contributed by atoms with Gasteiger partial charge in [0.05, 0.1) is 28.0 Å². The smallest absolute Gasteiger partial charge is 0.160 e. The van der Waals surface area contributed by atoms with E-state index in [1.807, 2.05) is 60.7 Å². The Morgan fingerprint density at radius 2 is 1.06 bits per heavy atom. The summed E-state index contributed by atoms with van der Waals surface area (Å²) in [5, 5.41) is 7.73. The molecule has 10 rings (SSSR count). The highest BCUT2D eigenvalue weighted by atomic mass is 16.3. The third kappa shape index (κ3) is 4.49. The van der Waals surface area contributed by atoms with Crippen LogP contribution in [0.4, 0.5) is 0 Å². The molecule has 4 nitrogen and oxygen atoms in total. The molecular formula is C45H27N3O. The second kappa shape index (κ2) is 11.0. The summed E-state index contributed by atoms with van der Waals surface area (Å²) < 4.78 is 6.61. The van der Waals surface area contributed by atoms with Crippen LogP contribution < -0.4 is 0 Å². The molecule has 0 aliphatic heterocycles. The summed E-state index contributed by atoms with van der Waals surface area (Å²) in [6.45, 7) is 0. The van der Waals surface area contributed by atoms with Crippen LogP contribution in [0.2, 0.25) is 0 Å². The van der Waals surface area contributed by atoms with Crippen LogP contribution in [0.25, 0.3) is 99.5 Å². The molecule has 0 spiro atoms. The third-order valence-electron chi connectivity index (χ3n) is 9.45. The highest BCUT2D eigenvalue weighted by Crippen LogP contribution is 2.41. The lowest BCUT2D eigenvalue weighted by molar-refractivity contribution is 0.672. The van der Waals surface area contributed by atoms with Crippen molar-refractivity contribution in [3.63, 3.8) is 0 Å². The van der Waals surface area contributed by atoms with Crippen LogP contribution in [0.15, 0.2) is 168 Å². The number of pyridine rings is 1. The van der Waals surface area contributed by atoms with Gasteiger partial charge in [-0.05, 0) is 64.0 Å². The van der Waals surface area contributed by atoms with Gasteiger partial charge in [0.15, 0.2) is 5.82 Å². The molecule has 0 aliphatic carbocycles. The number of aromatic nitrogens is 3. The zero-order valence-corrected chi connectivity index (χ0v) is 26.3. The standard InChI is InChI=1S/C45H27N3O/c1-3-13-28(14-4-1)39-27-40(36-25-30-17-7-8-18-32(30)33-19-9-10-20-34(33)36)48-45(47-39)31-23-24-41-37(26-31)42-43(29-15-5-2-6-16-29)46-38-22-12-11-21-35(38)44(42)49-41/h1-27H. The monoisotopic (exact) mass is 625 g/mol. The van der Waals surface area contributed by atoms with Crippen molar-refractivity contribution in [2.24, 2.45) is 0 Å². The van der Waals surface area contributed by atoms with Crippen LogP contribution >= 0.6 is 0 Å². The first-order valence-corrected chi connectivity index (χ1v) is 16.4. The molecular weight excluding hydrogens is 599 g/mol. The van der Waals surface area contributed by atoms with Crippen LogP contribution in [0.3, 0.4) is 0 Å². The van der Waals surface area contributed by atoms with E-state index in [1.54, 1.807) is 0 Å². The van der Waals surface area contributed by atoms with E-state index >= 15 is 0 Å². The Morgan fingerprint density at radius 1 is 0.408 bits per heavy atom. The Balaban J connectivity index is 1.25. The predicted octanol–water partition coefficient (Wildman–Crippen LogP) is 11.9. The maximum atomic E-state index is 6.61. The first-order valence-electron chi connectivity index (χ1n) is 16.4. The molecule has 49 heavy (non-hydrogen) atoms. The van der Waals surface area contributed by atoms with Crippen molar-refractivity contribution in [3.8, 4) is 45.2 Å². The third-order valence-corrected chi connectivity index (χ3v) is 9.45. The van der Waals surface area contributed by atoms with Crippen LogP contribution in [0, 0.1) is 0 Å². The summed E-state index contributed by atoms with van der Waals surface area (Å²) in [4.78, 5) is 15.7. The zero-order valence-electron chi connectivity index (χ0n) is 26.3. The number of hydrogen-bond donors (Lipinski definition) is 0. The van der Waals surface area contributed by atoms with Crippen molar-refractivity contribution in [2.45, 2.75) is 0 Å². The van der Waals surface area contributed by atoms with E-state index in [-0.39, 0.29) is 0 Å². The lowest BCUT2D eigenvalue weighted by atomic mass is 9.95.